The highest BCUT2D eigenvalue weighted by molar-refractivity contribution is 9.11. The molecule has 0 radical (unpaired) electrons. The fourth-order valence-corrected chi connectivity index (χ4v) is 5.74. The van der Waals surface area contributed by atoms with E-state index in [0.717, 1.165) is 28.2 Å². The highest BCUT2D eigenvalue weighted by Gasteiger charge is 2.42. The van der Waals surface area contributed by atoms with E-state index in [1.165, 1.54) is 10.8 Å². The molecule has 10 heteroatoms. The van der Waals surface area contributed by atoms with Crippen molar-refractivity contribution < 1.29 is 23.7 Å². The maximum absolute atomic E-state index is 12.8. The zero-order chi connectivity index (χ0) is 30.4. The Morgan fingerprint density at radius 1 is 0.907 bits per heavy atom. The van der Waals surface area contributed by atoms with Gasteiger partial charge in [0.25, 0.3) is 5.56 Å². The molecule has 1 N–H and O–H groups in total. The first-order valence-corrected chi connectivity index (χ1v) is 14.6. The van der Waals surface area contributed by atoms with Crippen molar-refractivity contribution in [2.24, 2.45) is 0 Å². The second kappa shape index (κ2) is 13.6. The van der Waals surface area contributed by atoms with Crippen LogP contribution in [-0.4, -0.2) is 49.7 Å². The van der Waals surface area contributed by atoms with Crippen molar-refractivity contribution in [1.82, 2.24) is 9.55 Å². The number of H-pyrrole nitrogens is 1. The average molecular weight is 650 g/mol. The van der Waals surface area contributed by atoms with Crippen LogP contribution in [0.5, 0.6) is 11.5 Å². The van der Waals surface area contributed by atoms with Crippen LogP contribution in [-0.2, 0) is 19.8 Å². The third-order valence-corrected chi connectivity index (χ3v) is 7.93. The minimum atomic E-state index is -1.04. The van der Waals surface area contributed by atoms with Gasteiger partial charge >= 0.3 is 5.69 Å². The van der Waals surface area contributed by atoms with Crippen LogP contribution in [0.4, 0.5) is 0 Å². The lowest BCUT2D eigenvalue weighted by atomic mass is 9.80. The Morgan fingerprint density at radius 3 is 2.02 bits per heavy atom. The zero-order valence-corrected chi connectivity index (χ0v) is 25.7. The van der Waals surface area contributed by atoms with Gasteiger partial charge in [-0.1, -0.05) is 70.5 Å². The van der Waals surface area contributed by atoms with Crippen LogP contribution >= 0.6 is 15.9 Å². The number of nitrogens with one attached hydrogen (secondary N) is 1. The molecule has 5 rings (SSSR count). The smallest absolute Gasteiger partial charge is 0.330 e. The number of ether oxygens (including phenoxy) is 5. The Hall–Kier alpha value is -3.96. The monoisotopic (exact) mass is 648 g/mol. The highest BCUT2D eigenvalue weighted by Crippen LogP contribution is 2.43. The molecular formula is C33H33BrN2O7. The fraction of sp³-hybridized carbons (Fsp3) is 0.273. The summed E-state index contributed by atoms with van der Waals surface area (Å²) in [5, 5.41) is 0. The summed E-state index contributed by atoms with van der Waals surface area (Å²) >= 11 is 3.19. The first-order valence-electron chi connectivity index (χ1n) is 13.7. The van der Waals surface area contributed by atoms with Crippen molar-refractivity contribution in [3.05, 3.63) is 133 Å². The van der Waals surface area contributed by atoms with Crippen LogP contribution in [0.1, 0.15) is 34.9 Å². The molecule has 3 atom stereocenters. The van der Waals surface area contributed by atoms with Gasteiger partial charge in [-0.25, -0.2) is 4.79 Å². The van der Waals surface area contributed by atoms with Gasteiger partial charge in [0.1, 0.15) is 29.4 Å². The van der Waals surface area contributed by atoms with E-state index in [2.05, 4.69) is 20.9 Å². The summed E-state index contributed by atoms with van der Waals surface area (Å²) in [5.74, 6) is 1.45. The third kappa shape index (κ3) is 6.23. The molecule has 224 valence electrons. The number of aromatic amines is 1. The zero-order valence-electron chi connectivity index (χ0n) is 24.1. The summed E-state index contributed by atoms with van der Waals surface area (Å²) in [4.78, 5) is 28.9. The molecule has 1 aromatic heterocycles. The summed E-state index contributed by atoms with van der Waals surface area (Å²) in [6, 6.07) is 25.5. The van der Waals surface area contributed by atoms with E-state index in [1.54, 1.807) is 32.4 Å². The van der Waals surface area contributed by atoms with E-state index in [9.17, 15) is 9.59 Å². The SMILES string of the molecule is COc1ccc(C(OC[C@H]2O[C@@H](n3cc(/C=C/Br)c(=O)[nH]c3=O)C[C@@H]2OC)(c2ccccc2)c2ccc(OC)cc2)cc1. The second-order valence-electron chi connectivity index (χ2n) is 10.00. The first-order chi connectivity index (χ1) is 20.9. The highest BCUT2D eigenvalue weighted by atomic mass is 79.9. The van der Waals surface area contributed by atoms with Crippen molar-refractivity contribution in [1.29, 1.82) is 0 Å². The van der Waals surface area contributed by atoms with Crippen LogP contribution in [0.2, 0.25) is 0 Å². The maximum atomic E-state index is 12.8. The van der Waals surface area contributed by atoms with Crippen molar-refractivity contribution in [2.45, 2.75) is 30.5 Å². The molecule has 0 unspecified atom stereocenters. The van der Waals surface area contributed by atoms with Gasteiger partial charge in [-0.3, -0.25) is 14.3 Å². The molecule has 0 amide bonds. The second-order valence-corrected chi connectivity index (χ2v) is 10.5. The summed E-state index contributed by atoms with van der Waals surface area (Å²) in [6.07, 6.45) is 1.87. The van der Waals surface area contributed by atoms with Gasteiger partial charge in [0.05, 0.1) is 32.5 Å². The Kier molecular flexibility index (Phi) is 9.62. The minimum absolute atomic E-state index is 0.133. The van der Waals surface area contributed by atoms with Crippen molar-refractivity contribution >= 4 is 22.0 Å². The lowest BCUT2D eigenvalue weighted by Gasteiger charge is -2.37. The summed E-state index contributed by atoms with van der Waals surface area (Å²) < 4.78 is 31.5. The Labute approximate surface area is 257 Å². The number of benzene rings is 3. The van der Waals surface area contributed by atoms with Gasteiger partial charge < -0.3 is 23.7 Å². The molecule has 4 aromatic rings. The number of hydrogen-bond donors (Lipinski definition) is 1. The van der Waals surface area contributed by atoms with E-state index < -0.39 is 29.2 Å². The maximum Gasteiger partial charge on any atom is 0.330 e. The standard InChI is InChI=1S/C33H33BrN2O7/c1-39-26-13-9-24(10-14-26)33(23-7-5-4-6-8-23,25-11-15-27(40-2)16-12-25)42-21-29-28(41-3)19-30(43-29)36-20-22(17-18-34)31(37)35-32(36)38/h4-18,20,28-30H,19,21H2,1-3H3,(H,35,37,38)/b18-17+/t28-,29+,30+/m0/s1. The molecule has 2 heterocycles. The number of nitrogens with zero attached hydrogens (tertiary/aromatic N) is 1. The quantitative estimate of drug-likeness (QED) is 0.222. The molecule has 43 heavy (non-hydrogen) atoms. The van der Waals surface area contributed by atoms with Crippen LogP contribution in [0.25, 0.3) is 6.08 Å². The van der Waals surface area contributed by atoms with E-state index in [1.807, 2.05) is 78.9 Å². The van der Waals surface area contributed by atoms with Crippen LogP contribution in [0, 0.1) is 0 Å². The molecule has 1 saturated heterocycles. The first kappa shape index (κ1) is 30.5. The number of rotatable bonds is 11. The summed E-state index contributed by atoms with van der Waals surface area (Å²) in [7, 11) is 4.87. The predicted octanol–water partition coefficient (Wildman–Crippen LogP) is 5.23. The molecular weight excluding hydrogens is 616 g/mol. The number of aromatic nitrogens is 2. The molecule has 0 bridgehead atoms. The molecule has 0 spiro atoms. The minimum Gasteiger partial charge on any atom is -0.497 e. The van der Waals surface area contributed by atoms with Crippen LogP contribution < -0.4 is 20.7 Å². The van der Waals surface area contributed by atoms with Gasteiger partial charge in [0.15, 0.2) is 0 Å². The largest absolute Gasteiger partial charge is 0.497 e. The number of halogens is 1. The van der Waals surface area contributed by atoms with Gasteiger partial charge in [-0.15, -0.1) is 0 Å². The Balaban J connectivity index is 1.55. The molecule has 1 aliphatic heterocycles. The lowest BCUT2D eigenvalue weighted by molar-refractivity contribution is -0.0991. The lowest BCUT2D eigenvalue weighted by Crippen LogP contribution is -2.38. The van der Waals surface area contributed by atoms with Gasteiger partial charge in [0.2, 0.25) is 0 Å². The van der Waals surface area contributed by atoms with Crippen molar-refractivity contribution in [3.63, 3.8) is 0 Å². The van der Waals surface area contributed by atoms with Gasteiger partial charge in [0, 0.05) is 19.7 Å². The number of methoxy groups -OCH3 is 3. The number of hydrogen-bond acceptors (Lipinski definition) is 7. The third-order valence-electron chi connectivity index (χ3n) is 7.67. The van der Waals surface area contributed by atoms with Crippen molar-refractivity contribution in [3.8, 4) is 11.5 Å². The normalized spacial score (nSPS) is 18.7. The van der Waals surface area contributed by atoms with E-state index in [4.69, 9.17) is 23.7 Å². The fourth-order valence-electron chi connectivity index (χ4n) is 5.45. The molecule has 3 aromatic carbocycles. The van der Waals surface area contributed by atoms with E-state index in [0.29, 0.717) is 12.0 Å². The topological polar surface area (TPSA) is 101 Å². The van der Waals surface area contributed by atoms with Crippen LogP contribution in [0.3, 0.4) is 0 Å². The Morgan fingerprint density at radius 2 is 1.49 bits per heavy atom. The summed E-state index contributed by atoms with van der Waals surface area (Å²) in [5.41, 5.74) is 0.917. The van der Waals surface area contributed by atoms with Crippen molar-refractivity contribution in [2.75, 3.05) is 27.9 Å². The van der Waals surface area contributed by atoms with Gasteiger partial charge in [-0.05, 0) is 52.0 Å². The molecule has 0 saturated carbocycles. The van der Waals surface area contributed by atoms with E-state index in [-0.39, 0.29) is 12.7 Å². The molecule has 0 aliphatic carbocycles. The predicted molar refractivity (Wildman–Crippen MR) is 167 cm³/mol. The van der Waals surface area contributed by atoms with E-state index >= 15 is 0 Å². The summed E-state index contributed by atoms with van der Waals surface area (Å²) in [6.45, 7) is 0.133. The van der Waals surface area contributed by atoms with Gasteiger partial charge in [-0.2, -0.15) is 0 Å². The van der Waals surface area contributed by atoms with Crippen LogP contribution in [0.15, 0.2) is 99.6 Å². The average Bonchev–Trinajstić information content (AvgIpc) is 3.46. The molecule has 1 fully saturated rings. The Bertz CT molecular complexity index is 1600. The molecule has 9 nitrogen and oxygen atoms in total. The molecule has 1 aliphatic rings.